The number of pyridine rings is 1. The Balaban J connectivity index is 1.69. The van der Waals surface area contributed by atoms with Gasteiger partial charge >= 0.3 is 12.1 Å². The van der Waals surface area contributed by atoms with Gasteiger partial charge in [0.25, 0.3) is 5.91 Å². The summed E-state index contributed by atoms with van der Waals surface area (Å²) in [5.41, 5.74) is 0.596. The fraction of sp³-hybridized carbons (Fsp3) is 0.273. The number of alkyl halides is 3. The Morgan fingerprint density at radius 3 is 2.41 bits per heavy atom. The first-order valence-corrected chi connectivity index (χ1v) is 9.87. The molecule has 1 aromatic carbocycles. The quantitative estimate of drug-likeness (QED) is 0.416. The minimum atomic E-state index is -4.49. The number of anilines is 1. The summed E-state index contributed by atoms with van der Waals surface area (Å²) in [6, 6.07) is 8.33. The SMILES string of the molecule is CCCCOC(=O)c1ccc(NC(=O)c2cnn(-c3ccc(C(F)(F)F)cn3)c2C)cc1. The predicted octanol–water partition coefficient (Wildman–Crippen LogP) is 4.80. The number of hydrogen-bond acceptors (Lipinski definition) is 5. The number of amides is 1. The largest absolute Gasteiger partial charge is 0.462 e. The van der Waals surface area contributed by atoms with Gasteiger partial charge < -0.3 is 10.1 Å². The van der Waals surface area contributed by atoms with Crippen LogP contribution in [0.15, 0.2) is 48.8 Å². The van der Waals surface area contributed by atoms with Crippen LogP contribution in [-0.4, -0.2) is 33.2 Å². The molecule has 32 heavy (non-hydrogen) atoms. The summed E-state index contributed by atoms with van der Waals surface area (Å²) in [5, 5.41) is 6.76. The molecule has 2 heterocycles. The van der Waals surface area contributed by atoms with Crippen LogP contribution in [0.5, 0.6) is 0 Å². The second-order valence-corrected chi connectivity index (χ2v) is 6.98. The molecule has 10 heteroatoms. The van der Waals surface area contributed by atoms with Crippen molar-refractivity contribution in [2.45, 2.75) is 32.9 Å². The van der Waals surface area contributed by atoms with Crippen LogP contribution in [0.4, 0.5) is 18.9 Å². The molecule has 168 valence electrons. The third-order valence-electron chi connectivity index (χ3n) is 4.66. The summed E-state index contributed by atoms with van der Waals surface area (Å²) in [5.74, 6) is -0.739. The van der Waals surface area contributed by atoms with Crippen molar-refractivity contribution in [2.75, 3.05) is 11.9 Å². The van der Waals surface area contributed by atoms with Gasteiger partial charge in [-0.2, -0.15) is 18.3 Å². The first-order chi connectivity index (χ1) is 15.2. The topological polar surface area (TPSA) is 86.1 Å². The van der Waals surface area contributed by atoms with Crippen LogP contribution in [0.3, 0.4) is 0 Å². The Bertz CT molecular complexity index is 1090. The van der Waals surface area contributed by atoms with Crippen molar-refractivity contribution in [3.63, 3.8) is 0 Å². The normalized spacial score (nSPS) is 11.3. The molecular weight excluding hydrogens is 425 g/mol. The van der Waals surface area contributed by atoms with E-state index in [1.54, 1.807) is 31.2 Å². The zero-order valence-corrected chi connectivity index (χ0v) is 17.4. The monoisotopic (exact) mass is 446 g/mol. The Hall–Kier alpha value is -3.69. The van der Waals surface area contributed by atoms with E-state index in [9.17, 15) is 22.8 Å². The zero-order valence-electron chi connectivity index (χ0n) is 17.4. The maximum atomic E-state index is 12.7. The third kappa shape index (κ3) is 5.32. The predicted molar refractivity (Wildman–Crippen MR) is 111 cm³/mol. The van der Waals surface area contributed by atoms with Crippen molar-refractivity contribution in [3.05, 3.63) is 71.2 Å². The minimum Gasteiger partial charge on any atom is -0.462 e. The molecule has 0 aliphatic carbocycles. The van der Waals surface area contributed by atoms with Gasteiger partial charge in [-0.3, -0.25) is 4.79 Å². The molecule has 0 unspecified atom stereocenters. The number of nitrogens with zero attached hydrogens (tertiary/aromatic N) is 3. The highest BCUT2D eigenvalue weighted by Gasteiger charge is 2.30. The Kier molecular flexibility index (Phi) is 6.92. The summed E-state index contributed by atoms with van der Waals surface area (Å²) in [4.78, 5) is 28.4. The summed E-state index contributed by atoms with van der Waals surface area (Å²) >= 11 is 0. The van der Waals surface area contributed by atoms with Gasteiger partial charge in [0.15, 0.2) is 5.82 Å². The van der Waals surface area contributed by atoms with Crippen LogP contribution in [0.25, 0.3) is 5.82 Å². The lowest BCUT2D eigenvalue weighted by Gasteiger charge is -2.09. The maximum Gasteiger partial charge on any atom is 0.417 e. The Morgan fingerprint density at radius 2 is 1.81 bits per heavy atom. The minimum absolute atomic E-state index is 0.153. The van der Waals surface area contributed by atoms with E-state index in [1.807, 2.05) is 6.92 Å². The van der Waals surface area contributed by atoms with Crippen molar-refractivity contribution in [3.8, 4) is 5.82 Å². The lowest BCUT2D eigenvalue weighted by atomic mass is 10.2. The third-order valence-corrected chi connectivity index (χ3v) is 4.66. The average Bonchev–Trinajstić information content (AvgIpc) is 3.15. The second kappa shape index (κ2) is 9.63. The number of ether oxygens (including phenoxy) is 1. The molecule has 0 atom stereocenters. The molecule has 1 amide bonds. The molecule has 0 spiro atoms. The van der Waals surface area contributed by atoms with Gasteiger partial charge in [-0.05, 0) is 49.7 Å². The molecule has 3 aromatic rings. The number of nitrogens with one attached hydrogen (secondary N) is 1. The van der Waals surface area contributed by atoms with Crippen LogP contribution in [-0.2, 0) is 10.9 Å². The van der Waals surface area contributed by atoms with Gasteiger partial charge in [-0.15, -0.1) is 0 Å². The summed E-state index contributed by atoms with van der Waals surface area (Å²) in [6.45, 7) is 3.96. The van der Waals surface area contributed by atoms with E-state index in [-0.39, 0.29) is 11.4 Å². The first-order valence-electron chi connectivity index (χ1n) is 9.87. The number of benzene rings is 1. The molecule has 0 saturated heterocycles. The van der Waals surface area contributed by atoms with E-state index in [2.05, 4.69) is 15.4 Å². The fourth-order valence-corrected chi connectivity index (χ4v) is 2.82. The van der Waals surface area contributed by atoms with Crippen LogP contribution in [0.2, 0.25) is 0 Å². The Labute approximate surface area is 182 Å². The van der Waals surface area contributed by atoms with Crippen LogP contribution in [0, 0.1) is 6.92 Å². The maximum absolute atomic E-state index is 12.7. The number of unbranched alkanes of at least 4 members (excludes halogenated alkanes) is 1. The van der Waals surface area contributed by atoms with Crippen molar-refractivity contribution < 1.29 is 27.5 Å². The van der Waals surface area contributed by atoms with Crippen LogP contribution < -0.4 is 5.32 Å². The number of aromatic nitrogens is 3. The van der Waals surface area contributed by atoms with E-state index < -0.39 is 23.6 Å². The number of esters is 1. The van der Waals surface area contributed by atoms with Crippen molar-refractivity contribution >= 4 is 17.6 Å². The second-order valence-electron chi connectivity index (χ2n) is 6.98. The number of halogens is 3. The summed E-state index contributed by atoms with van der Waals surface area (Å²) in [7, 11) is 0. The van der Waals surface area contributed by atoms with Gasteiger partial charge in [0, 0.05) is 11.9 Å². The fourth-order valence-electron chi connectivity index (χ4n) is 2.82. The Morgan fingerprint density at radius 1 is 1.09 bits per heavy atom. The van der Waals surface area contributed by atoms with Gasteiger partial charge in [-0.25, -0.2) is 14.5 Å². The molecular formula is C22H21F3N4O3. The molecule has 1 N–H and O–H groups in total. The van der Waals surface area contributed by atoms with Gasteiger partial charge in [0.1, 0.15) is 0 Å². The highest BCUT2D eigenvalue weighted by atomic mass is 19.4. The zero-order chi connectivity index (χ0) is 23.3. The van der Waals surface area contributed by atoms with Crippen LogP contribution in [0.1, 0.15) is 51.7 Å². The molecule has 7 nitrogen and oxygen atoms in total. The highest BCUT2D eigenvalue weighted by Crippen LogP contribution is 2.29. The smallest absolute Gasteiger partial charge is 0.417 e. The van der Waals surface area contributed by atoms with Crippen molar-refractivity contribution in [1.82, 2.24) is 14.8 Å². The number of carbonyl (C=O) groups excluding carboxylic acids is 2. The van der Waals surface area contributed by atoms with E-state index in [0.29, 0.717) is 29.7 Å². The van der Waals surface area contributed by atoms with Crippen LogP contribution >= 0.6 is 0 Å². The van der Waals surface area contributed by atoms with E-state index >= 15 is 0 Å². The summed E-state index contributed by atoms with van der Waals surface area (Å²) in [6.07, 6.45) is -0.760. The van der Waals surface area contributed by atoms with Gasteiger partial charge in [0.05, 0.1) is 35.2 Å². The lowest BCUT2D eigenvalue weighted by Crippen LogP contribution is -2.14. The van der Waals surface area contributed by atoms with E-state index in [1.165, 1.54) is 16.9 Å². The van der Waals surface area contributed by atoms with E-state index in [4.69, 9.17) is 4.74 Å². The molecule has 0 fully saturated rings. The van der Waals surface area contributed by atoms with Crippen molar-refractivity contribution in [1.29, 1.82) is 0 Å². The average molecular weight is 446 g/mol. The number of rotatable bonds is 7. The molecule has 0 aliphatic rings. The van der Waals surface area contributed by atoms with Gasteiger partial charge in [-0.1, -0.05) is 13.3 Å². The van der Waals surface area contributed by atoms with Crippen molar-refractivity contribution in [2.24, 2.45) is 0 Å². The number of carbonyl (C=O) groups is 2. The standard InChI is InChI=1S/C22H21F3N4O3/c1-3-4-11-32-21(31)15-5-8-17(9-6-15)28-20(30)18-13-27-29(14(18)2)19-10-7-16(12-26-19)22(23,24)25/h5-10,12-13H,3-4,11H2,1-2H3,(H,28,30). The molecule has 2 aromatic heterocycles. The lowest BCUT2D eigenvalue weighted by molar-refractivity contribution is -0.137. The molecule has 0 radical (unpaired) electrons. The van der Waals surface area contributed by atoms with Gasteiger partial charge in [0.2, 0.25) is 0 Å². The molecule has 3 rings (SSSR count). The molecule has 0 aliphatic heterocycles. The first kappa shape index (κ1) is 23.0. The molecule has 0 bridgehead atoms. The summed E-state index contributed by atoms with van der Waals surface area (Å²) < 4.78 is 44.6. The molecule has 0 saturated carbocycles. The van der Waals surface area contributed by atoms with E-state index in [0.717, 1.165) is 18.9 Å². The highest BCUT2D eigenvalue weighted by molar-refractivity contribution is 6.05. The number of hydrogen-bond donors (Lipinski definition) is 1.